The number of rotatable bonds is 1. The summed E-state index contributed by atoms with van der Waals surface area (Å²) in [5.41, 5.74) is 0. The largest absolute Gasteiger partial charge is 0.346 e. The van der Waals surface area contributed by atoms with Crippen LogP contribution < -0.4 is 0 Å². The van der Waals surface area contributed by atoms with Crippen molar-refractivity contribution in [3.8, 4) is 0 Å². The first-order chi connectivity index (χ1) is 7.09. The molecule has 2 rings (SSSR count). The van der Waals surface area contributed by atoms with E-state index < -0.39 is 0 Å². The molecule has 3 nitrogen and oxygen atoms in total. The molecular formula is C12H19NO2. The zero-order valence-electron chi connectivity index (χ0n) is 9.53. The second kappa shape index (κ2) is 3.95. The van der Waals surface area contributed by atoms with Gasteiger partial charge >= 0.3 is 0 Å². The topological polar surface area (TPSA) is 37.4 Å². The van der Waals surface area contributed by atoms with Crippen LogP contribution in [0.3, 0.4) is 0 Å². The number of nitrogens with zero attached hydrogens (tertiary/aromatic N) is 1. The summed E-state index contributed by atoms with van der Waals surface area (Å²) in [5.74, 6) is 1.34. The Morgan fingerprint density at radius 1 is 1.33 bits per heavy atom. The van der Waals surface area contributed by atoms with Gasteiger partial charge in [0.05, 0.1) is 0 Å². The Morgan fingerprint density at radius 2 is 2.07 bits per heavy atom. The molecule has 1 heterocycles. The van der Waals surface area contributed by atoms with E-state index in [0.717, 1.165) is 32.2 Å². The van der Waals surface area contributed by atoms with Crippen LogP contribution in [-0.4, -0.2) is 30.2 Å². The number of hydrogen-bond acceptors (Lipinski definition) is 2. The molecule has 2 fully saturated rings. The van der Waals surface area contributed by atoms with Gasteiger partial charge in [0.2, 0.25) is 5.91 Å². The Hall–Kier alpha value is -0.860. The van der Waals surface area contributed by atoms with Crippen molar-refractivity contribution >= 4 is 11.7 Å². The van der Waals surface area contributed by atoms with Crippen LogP contribution >= 0.6 is 0 Å². The van der Waals surface area contributed by atoms with Crippen LogP contribution in [0.5, 0.6) is 0 Å². The van der Waals surface area contributed by atoms with Crippen LogP contribution in [0.25, 0.3) is 0 Å². The van der Waals surface area contributed by atoms with Crippen LogP contribution in [0, 0.1) is 17.8 Å². The number of amides is 1. The standard InChI is InChI=1S/C12H19NO2/c1-8(14)10-4-3-9-5-6-13(2)12(15)11(9)7-10/h9-11H,3-7H2,1-2H3. The fraction of sp³-hybridized carbons (Fsp3) is 0.833. The van der Waals surface area contributed by atoms with Crippen molar-refractivity contribution in [2.24, 2.45) is 17.8 Å². The molecule has 1 amide bonds. The van der Waals surface area contributed by atoms with Crippen LogP contribution in [0.1, 0.15) is 32.6 Å². The lowest BCUT2D eigenvalue weighted by atomic mass is 9.69. The highest BCUT2D eigenvalue weighted by atomic mass is 16.2. The number of carbonyl (C=O) groups excluding carboxylic acids is 2. The first-order valence-corrected chi connectivity index (χ1v) is 5.85. The van der Waals surface area contributed by atoms with E-state index in [4.69, 9.17) is 0 Å². The van der Waals surface area contributed by atoms with E-state index in [-0.39, 0.29) is 23.5 Å². The third-order valence-electron chi connectivity index (χ3n) is 4.10. The number of Topliss-reactive ketones (excluding diaryl/α,β-unsaturated/α-hetero) is 1. The van der Waals surface area contributed by atoms with Gasteiger partial charge in [0.1, 0.15) is 5.78 Å². The number of piperidine rings is 1. The minimum absolute atomic E-state index is 0.131. The van der Waals surface area contributed by atoms with Crippen molar-refractivity contribution in [2.75, 3.05) is 13.6 Å². The van der Waals surface area contributed by atoms with E-state index in [0.29, 0.717) is 5.92 Å². The number of carbonyl (C=O) groups is 2. The minimum atomic E-state index is 0.131. The number of hydrogen-bond donors (Lipinski definition) is 0. The summed E-state index contributed by atoms with van der Waals surface area (Å²) >= 11 is 0. The van der Waals surface area contributed by atoms with E-state index in [1.807, 2.05) is 11.9 Å². The van der Waals surface area contributed by atoms with Crippen LogP contribution in [0.4, 0.5) is 0 Å². The Kier molecular flexibility index (Phi) is 2.81. The van der Waals surface area contributed by atoms with Crippen molar-refractivity contribution in [1.29, 1.82) is 0 Å². The highest BCUT2D eigenvalue weighted by molar-refractivity contribution is 5.83. The van der Waals surface area contributed by atoms with E-state index >= 15 is 0 Å². The molecule has 1 aliphatic carbocycles. The van der Waals surface area contributed by atoms with E-state index in [1.165, 1.54) is 0 Å². The van der Waals surface area contributed by atoms with Crippen molar-refractivity contribution in [2.45, 2.75) is 32.6 Å². The molecule has 0 aromatic rings. The Morgan fingerprint density at radius 3 is 2.73 bits per heavy atom. The fourth-order valence-electron chi connectivity index (χ4n) is 3.00. The lowest BCUT2D eigenvalue weighted by Crippen LogP contribution is -2.46. The molecule has 1 saturated heterocycles. The monoisotopic (exact) mass is 209 g/mol. The maximum absolute atomic E-state index is 11.9. The summed E-state index contributed by atoms with van der Waals surface area (Å²) in [6.45, 7) is 2.55. The molecule has 2 aliphatic rings. The van der Waals surface area contributed by atoms with Gasteiger partial charge in [-0.15, -0.1) is 0 Å². The van der Waals surface area contributed by atoms with Gasteiger partial charge < -0.3 is 4.90 Å². The highest BCUT2D eigenvalue weighted by Crippen LogP contribution is 2.39. The molecule has 0 aromatic heterocycles. The maximum Gasteiger partial charge on any atom is 0.225 e. The fourth-order valence-corrected chi connectivity index (χ4v) is 3.00. The lowest BCUT2D eigenvalue weighted by molar-refractivity contribution is -0.143. The summed E-state index contributed by atoms with van der Waals surface area (Å²) in [6.07, 6.45) is 3.97. The molecule has 0 bridgehead atoms. The van der Waals surface area contributed by atoms with Crippen LogP contribution in [-0.2, 0) is 9.59 Å². The second-order valence-electron chi connectivity index (χ2n) is 5.04. The van der Waals surface area contributed by atoms with Gasteiger partial charge in [-0.1, -0.05) is 0 Å². The predicted molar refractivity (Wildman–Crippen MR) is 57.3 cm³/mol. The Bertz CT molecular complexity index is 287. The molecule has 3 atom stereocenters. The summed E-state index contributed by atoms with van der Waals surface area (Å²) in [4.78, 5) is 25.1. The summed E-state index contributed by atoms with van der Waals surface area (Å²) in [7, 11) is 1.87. The van der Waals surface area contributed by atoms with Gasteiger partial charge in [-0.25, -0.2) is 0 Å². The number of ketones is 1. The number of fused-ring (bicyclic) bond motifs is 1. The first-order valence-electron chi connectivity index (χ1n) is 5.85. The van der Waals surface area contributed by atoms with Crippen LogP contribution in [0.2, 0.25) is 0 Å². The molecule has 0 aromatic carbocycles. The van der Waals surface area contributed by atoms with Crippen molar-refractivity contribution < 1.29 is 9.59 Å². The zero-order valence-corrected chi connectivity index (χ0v) is 9.53. The molecule has 3 unspecified atom stereocenters. The van der Waals surface area contributed by atoms with E-state index in [1.54, 1.807) is 6.92 Å². The zero-order chi connectivity index (χ0) is 11.0. The Labute approximate surface area is 90.8 Å². The molecule has 0 radical (unpaired) electrons. The normalized spacial score (nSPS) is 36.3. The molecule has 1 aliphatic heterocycles. The van der Waals surface area contributed by atoms with Gasteiger partial charge in [-0.05, 0) is 38.5 Å². The summed E-state index contributed by atoms with van der Waals surface area (Å²) < 4.78 is 0. The highest BCUT2D eigenvalue weighted by Gasteiger charge is 2.40. The molecule has 84 valence electrons. The minimum Gasteiger partial charge on any atom is -0.346 e. The third-order valence-corrected chi connectivity index (χ3v) is 4.10. The third kappa shape index (κ3) is 1.92. The molecular weight excluding hydrogens is 190 g/mol. The quantitative estimate of drug-likeness (QED) is 0.656. The van der Waals surface area contributed by atoms with E-state index in [9.17, 15) is 9.59 Å². The van der Waals surface area contributed by atoms with Crippen LogP contribution in [0.15, 0.2) is 0 Å². The van der Waals surface area contributed by atoms with Crippen molar-refractivity contribution in [1.82, 2.24) is 4.90 Å². The Balaban J connectivity index is 2.08. The molecule has 15 heavy (non-hydrogen) atoms. The average Bonchev–Trinajstić information content (AvgIpc) is 2.23. The maximum atomic E-state index is 11.9. The van der Waals surface area contributed by atoms with Crippen molar-refractivity contribution in [3.05, 3.63) is 0 Å². The lowest BCUT2D eigenvalue weighted by Gasteiger charge is -2.41. The number of likely N-dealkylation sites (tertiary alicyclic amines) is 1. The molecule has 0 N–H and O–H groups in total. The molecule has 0 spiro atoms. The molecule has 3 heteroatoms. The second-order valence-corrected chi connectivity index (χ2v) is 5.04. The predicted octanol–water partition coefficient (Wildman–Crippen LogP) is 1.47. The van der Waals surface area contributed by atoms with E-state index in [2.05, 4.69) is 0 Å². The van der Waals surface area contributed by atoms with Crippen molar-refractivity contribution in [3.63, 3.8) is 0 Å². The average molecular weight is 209 g/mol. The smallest absolute Gasteiger partial charge is 0.225 e. The van der Waals surface area contributed by atoms with Gasteiger partial charge in [0.15, 0.2) is 0 Å². The first kappa shape index (κ1) is 10.7. The SMILES string of the molecule is CC(=O)C1CCC2CCN(C)C(=O)C2C1. The summed E-state index contributed by atoms with van der Waals surface area (Å²) in [5, 5.41) is 0. The summed E-state index contributed by atoms with van der Waals surface area (Å²) in [6, 6.07) is 0. The van der Waals surface area contributed by atoms with Gasteiger partial charge in [-0.3, -0.25) is 9.59 Å². The van der Waals surface area contributed by atoms with Gasteiger partial charge in [0.25, 0.3) is 0 Å². The van der Waals surface area contributed by atoms with Gasteiger partial charge in [-0.2, -0.15) is 0 Å². The van der Waals surface area contributed by atoms with Gasteiger partial charge in [0, 0.05) is 25.4 Å². The molecule has 1 saturated carbocycles.